The molecule has 0 atom stereocenters. The smallest absolute Gasteiger partial charge is 0.0277 e. The fourth-order valence-corrected chi connectivity index (χ4v) is 3.00. The van der Waals surface area contributed by atoms with Gasteiger partial charge in [0, 0.05) is 11.1 Å². The van der Waals surface area contributed by atoms with E-state index in [1.807, 2.05) is 12.1 Å². The Morgan fingerprint density at radius 1 is 0.773 bits per heavy atom. The highest BCUT2D eigenvalue weighted by Crippen LogP contribution is 2.22. The molecule has 2 rings (SSSR count). The first-order chi connectivity index (χ1) is 10.7. The van der Waals surface area contributed by atoms with E-state index in [1.54, 1.807) is 0 Å². The summed E-state index contributed by atoms with van der Waals surface area (Å²) in [5.74, 6) is 5.47. The average molecular weight is 286 g/mol. The van der Waals surface area contributed by atoms with Crippen LogP contribution in [0.15, 0.2) is 36.4 Å². The van der Waals surface area contributed by atoms with E-state index >= 15 is 0 Å². The monoisotopic (exact) mass is 286 g/mol. The van der Waals surface area contributed by atoms with Crippen molar-refractivity contribution in [1.29, 1.82) is 0 Å². The van der Waals surface area contributed by atoms with Crippen LogP contribution in [-0.4, -0.2) is 0 Å². The standard InChI is InChI=1S/C22H22/c1-5-17-9-11-18(12-10-17)13-14-20-16-15-19(6-2)21(7-3)22(20)8-4/h1-2,9-12,15-16H,7-8,13-14H2,3-4H3. The lowest BCUT2D eigenvalue weighted by atomic mass is 9.90. The lowest BCUT2D eigenvalue weighted by molar-refractivity contribution is 0.911. The average Bonchev–Trinajstić information content (AvgIpc) is 2.59. The molecule has 22 heavy (non-hydrogen) atoms. The molecule has 0 N–H and O–H groups in total. The van der Waals surface area contributed by atoms with Crippen LogP contribution in [-0.2, 0) is 25.7 Å². The first kappa shape index (κ1) is 15.9. The minimum absolute atomic E-state index is 0.935. The number of aryl methyl sites for hydroxylation is 2. The maximum absolute atomic E-state index is 5.63. The van der Waals surface area contributed by atoms with Crippen LogP contribution < -0.4 is 0 Å². The molecule has 2 aromatic carbocycles. The summed E-state index contributed by atoms with van der Waals surface area (Å²) in [7, 11) is 0. The molecule has 0 heteroatoms. The Morgan fingerprint density at radius 2 is 1.45 bits per heavy atom. The molecule has 0 aromatic heterocycles. The highest BCUT2D eigenvalue weighted by molar-refractivity contribution is 5.48. The van der Waals surface area contributed by atoms with Gasteiger partial charge in [-0.3, -0.25) is 0 Å². The van der Waals surface area contributed by atoms with Gasteiger partial charge in [-0.2, -0.15) is 0 Å². The Labute approximate surface area is 134 Å². The molecule has 0 radical (unpaired) electrons. The summed E-state index contributed by atoms with van der Waals surface area (Å²) in [5, 5.41) is 0. The summed E-state index contributed by atoms with van der Waals surface area (Å²) >= 11 is 0. The van der Waals surface area contributed by atoms with E-state index in [0.717, 1.165) is 36.8 Å². The van der Waals surface area contributed by atoms with E-state index in [-0.39, 0.29) is 0 Å². The number of benzene rings is 2. The Balaban J connectivity index is 2.22. The molecule has 0 saturated heterocycles. The van der Waals surface area contributed by atoms with Crippen molar-refractivity contribution in [2.75, 3.05) is 0 Å². The van der Waals surface area contributed by atoms with E-state index in [4.69, 9.17) is 12.8 Å². The van der Waals surface area contributed by atoms with Crippen LogP contribution in [0.2, 0.25) is 0 Å². The van der Waals surface area contributed by atoms with E-state index in [1.165, 1.54) is 22.3 Å². The molecule has 0 spiro atoms. The molecular weight excluding hydrogens is 264 g/mol. The zero-order valence-corrected chi connectivity index (χ0v) is 13.4. The van der Waals surface area contributed by atoms with Crippen LogP contribution in [0.3, 0.4) is 0 Å². The van der Waals surface area contributed by atoms with Crippen molar-refractivity contribution >= 4 is 0 Å². The van der Waals surface area contributed by atoms with Crippen molar-refractivity contribution < 1.29 is 0 Å². The lowest BCUT2D eigenvalue weighted by Gasteiger charge is -2.15. The van der Waals surface area contributed by atoms with Crippen LogP contribution >= 0.6 is 0 Å². The molecule has 0 nitrogen and oxygen atoms in total. The third-order valence-electron chi connectivity index (χ3n) is 4.19. The predicted molar refractivity (Wildman–Crippen MR) is 94.9 cm³/mol. The van der Waals surface area contributed by atoms with Crippen molar-refractivity contribution in [2.24, 2.45) is 0 Å². The van der Waals surface area contributed by atoms with E-state index < -0.39 is 0 Å². The molecule has 0 heterocycles. The summed E-state index contributed by atoms with van der Waals surface area (Å²) in [5.41, 5.74) is 7.48. The van der Waals surface area contributed by atoms with E-state index in [0.29, 0.717) is 0 Å². The molecule has 0 saturated carbocycles. The second-order valence-corrected chi connectivity index (χ2v) is 5.42. The van der Waals surface area contributed by atoms with Crippen molar-refractivity contribution in [3.63, 3.8) is 0 Å². The first-order valence-corrected chi connectivity index (χ1v) is 7.89. The minimum atomic E-state index is 0.935. The second-order valence-electron chi connectivity index (χ2n) is 5.42. The van der Waals surface area contributed by atoms with Gasteiger partial charge in [-0.1, -0.05) is 43.9 Å². The van der Waals surface area contributed by atoms with Crippen LogP contribution in [0, 0.1) is 24.7 Å². The van der Waals surface area contributed by atoms with Gasteiger partial charge in [0.2, 0.25) is 0 Å². The van der Waals surface area contributed by atoms with Crippen LogP contribution in [0.25, 0.3) is 0 Å². The Morgan fingerprint density at radius 3 is 2.00 bits per heavy atom. The summed E-state index contributed by atoms with van der Waals surface area (Å²) in [6, 6.07) is 12.6. The molecule has 0 unspecified atom stereocenters. The fourth-order valence-electron chi connectivity index (χ4n) is 3.00. The molecular formula is C22H22. The van der Waals surface area contributed by atoms with Gasteiger partial charge in [0.25, 0.3) is 0 Å². The van der Waals surface area contributed by atoms with Crippen molar-refractivity contribution in [1.82, 2.24) is 0 Å². The zero-order chi connectivity index (χ0) is 15.9. The highest BCUT2D eigenvalue weighted by Gasteiger charge is 2.09. The molecule has 0 aliphatic carbocycles. The number of rotatable bonds is 5. The predicted octanol–water partition coefficient (Wildman–Crippen LogP) is 4.56. The topological polar surface area (TPSA) is 0 Å². The van der Waals surface area contributed by atoms with Crippen molar-refractivity contribution in [3.8, 4) is 24.7 Å². The van der Waals surface area contributed by atoms with Gasteiger partial charge >= 0.3 is 0 Å². The lowest BCUT2D eigenvalue weighted by Crippen LogP contribution is -2.03. The molecule has 0 aliphatic heterocycles. The number of terminal acetylenes is 2. The van der Waals surface area contributed by atoms with Gasteiger partial charge in [0.15, 0.2) is 0 Å². The van der Waals surface area contributed by atoms with Crippen LogP contribution in [0.1, 0.15) is 47.2 Å². The van der Waals surface area contributed by atoms with Crippen LogP contribution in [0.5, 0.6) is 0 Å². The first-order valence-electron chi connectivity index (χ1n) is 7.89. The SMILES string of the molecule is C#Cc1ccc(CCc2ccc(C#C)c(CC)c2CC)cc1. The normalized spacial score (nSPS) is 10.0. The molecule has 110 valence electrons. The Bertz CT molecular complexity index is 718. The molecule has 0 aliphatic rings. The molecule has 2 aromatic rings. The quantitative estimate of drug-likeness (QED) is 0.707. The van der Waals surface area contributed by atoms with Gasteiger partial charge in [0.1, 0.15) is 0 Å². The highest BCUT2D eigenvalue weighted by atomic mass is 14.1. The third-order valence-corrected chi connectivity index (χ3v) is 4.19. The molecule has 0 fully saturated rings. The Hall–Kier alpha value is -2.44. The molecule has 0 amide bonds. The second kappa shape index (κ2) is 7.53. The van der Waals surface area contributed by atoms with Gasteiger partial charge in [-0.25, -0.2) is 0 Å². The van der Waals surface area contributed by atoms with Crippen molar-refractivity contribution in [3.05, 3.63) is 69.8 Å². The summed E-state index contributed by atoms with van der Waals surface area (Å²) < 4.78 is 0. The van der Waals surface area contributed by atoms with Gasteiger partial charge in [-0.05, 0) is 66.1 Å². The van der Waals surface area contributed by atoms with E-state index in [2.05, 4.69) is 50.0 Å². The fraction of sp³-hybridized carbons (Fsp3) is 0.273. The largest absolute Gasteiger partial charge is 0.115 e. The maximum Gasteiger partial charge on any atom is 0.0277 e. The summed E-state index contributed by atoms with van der Waals surface area (Å²) in [6.45, 7) is 4.39. The summed E-state index contributed by atoms with van der Waals surface area (Å²) in [6.07, 6.45) is 15.1. The minimum Gasteiger partial charge on any atom is -0.115 e. The van der Waals surface area contributed by atoms with Gasteiger partial charge < -0.3 is 0 Å². The van der Waals surface area contributed by atoms with Gasteiger partial charge in [-0.15, -0.1) is 12.8 Å². The maximum atomic E-state index is 5.63. The zero-order valence-electron chi connectivity index (χ0n) is 13.4. The van der Waals surface area contributed by atoms with Crippen molar-refractivity contribution in [2.45, 2.75) is 39.5 Å². The van der Waals surface area contributed by atoms with Crippen LogP contribution in [0.4, 0.5) is 0 Å². The Kier molecular flexibility index (Phi) is 5.46. The molecule has 0 bridgehead atoms. The summed E-state index contributed by atoms with van der Waals surface area (Å²) in [4.78, 5) is 0. The van der Waals surface area contributed by atoms with Gasteiger partial charge in [0.05, 0.1) is 0 Å². The van der Waals surface area contributed by atoms with E-state index in [9.17, 15) is 0 Å². The number of hydrogen-bond donors (Lipinski definition) is 0. The third kappa shape index (κ3) is 3.41. The number of hydrogen-bond acceptors (Lipinski definition) is 0.